The number of nitrogens with one attached hydrogen (secondary N) is 2. The predicted molar refractivity (Wildman–Crippen MR) is 93.8 cm³/mol. The number of amides is 2. The van der Waals surface area contributed by atoms with Crippen LogP contribution < -0.4 is 10.6 Å². The van der Waals surface area contributed by atoms with Gasteiger partial charge < -0.3 is 15.7 Å². The molecule has 0 aromatic heterocycles. The van der Waals surface area contributed by atoms with Crippen LogP contribution in [0.5, 0.6) is 0 Å². The van der Waals surface area contributed by atoms with E-state index in [1.165, 1.54) is 6.07 Å². The molecule has 1 atom stereocenters. The first-order valence-corrected chi connectivity index (χ1v) is 7.95. The Hall–Kier alpha value is -2.55. The second kappa shape index (κ2) is 8.92. The highest BCUT2D eigenvalue weighted by molar-refractivity contribution is 6.32. The molecule has 0 heterocycles. The average molecular weight is 344 g/mol. The summed E-state index contributed by atoms with van der Waals surface area (Å²) < 4.78 is 0. The summed E-state index contributed by atoms with van der Waals surface area (Å²) in [5.74, 6) is 0. The van der Waals surface area contributed by atoms with Gasteiger partial charge in [0.05, 0.1) is 16.6 Å². The van der Waals surface area contributed by atoms with Crippen molar-refractivity contribution >= 4 is 23.3 Å². The maximum Gasteiger partial charge on any atom is 0.319 e. The Kier molecular flexibility index (Phi) is 6.62. The fourth-order valence-corrected chi connectivity index (χ4v) is 2.53. The van der Waals surface area contributed by atoms with E-state index in [0.717, 1.165) is 5.56 Å². The molecule has 0 aliphatic carbocycles. The molecule has 2 aromatic carbocycles. The number of halogens is 1. The number of carbonyl (C=O) groups excluding carboxylic acids is 1. The zero-order valence-electron chi connectivity index (χ0n) is 13.0. The van der Waals surface area contributed by atoms with E-state index in [-0.39, 0.29) is 23.7 Å². The number of nitriles is 1. The van der Waals surface area contributed by atoms with Crippen LogP contribution in [0.25, 0.3) is 0 Å². The maximum absolute atomic E-state index is 12.2. The predicted octanol–water partition coefficient (Wildman–Crippen LogP) is 3.85. The maximum atomic E-state index is 12.2. The third-order valence-electron chi connectivity index (χ3n) is 3.51. The fourth-order valence-electron chi connectivity index (χ4n) is 2.31. The van der Waals surface area contributed by atoms with Crippen molar-refractivity contribution in [2.24, 2.45) is 0 Å². The highest BCUT2D eigenvalue weighted by atomic mass is 35.5. The fraction of sp³-hybridized carbons (Fsp3) is 0.222. The van der Waals surface area contributed by atoms with Crippen LogP contribution in [0.15, 0.2) is 48.5 Å². The van der Waals surface area contributed by atoms with Crippen LogP contribution in [0.4, 0.5) is 10.5 Å². The van der Waals surface area contributed by atoms with Gasteiger partial charge >= 0.3 is 6.03 Å². The van der Waals surface area contributed by atoms with Gasteiger partial charge in [-0.1, -0.05) is 41.9 Å². The van der Waals surface area contributed by atoms with Gasteiger partial charge in [-0.25, -0.2) is 4.79 Å². The van der Waals surface area contributed by atoms with E-state index in [0.29, 0.717) is 24.1 Å². The molecule has 0 saturated heterocycles. The van der Waals surface area contributed by atoms with Crippen LogP contribution in [-0.4, -0.2) is 17.7 Å². The van der Waals surface area contributed by atoms with E-state index >= 15 is 0 Å². The lowest BCUT2D eigenvalue weighted by Gasteiger charge is -2.19. The second-order valence-corrected chi connectivity index (χ2v) is 5.64. The van der Waals surface area contributed by atoms with Crippen molar-refractivity contribution in [3.8, 4) is 6.07 Å². The Morgan fingerprint density at radius 3 is 2.62 bits per heavy atom. The number of hydrogen-bond acceptors (Lipinski definition) is 3. The first-order chi connectivity index (χ1) is 11.6. The number of nitrogens with zero attached hydrogens (tertiary/aromatic N) is 1. The molecule has 0 radical (unpaired) electrons. The SMILES string of the molecule is N#Cc1ccc(NC(=O)NC(CCCO)c2ccccc2)cc1Cl. The van der Waals surface area contributed by atoms with Crippen molar-refractivity contribution in [3.05, 3.63) is 64.7 Å². The first kappa shape index (κ1) is 17.8. The number of benzene rings is 2. The summed E-state index contributed by atoms with van der Waals surface area (Å²) in [5.41, 5.74) is 1.83. The summed E-state index contributed by atoms with van der Waals surface area (Å²) in [6.07, 6.45) is 1.21. The van der Waals surface area contributed by atoms with Crippen molar-refractivity contribution in [2.45, 2.75) is 18.9 Å². The second-order valence-electron chi connectivity index (χ2n) is 5.23. The molecule has 1 unspecified atom stereocenters. The number of aliphatic hydroxyl groups excluding tert-OH is 1. The van der Waals surface area contributed by atoms with Crippen LogP contribution >= 0.6 is 11.6 Å². The molecule has 0 fully saturated rings. The molecule has 2 amide bonds. The highest BCUT2D eigenvalue weighted by Gasteiger charge is 2.14. The minimum atomic E-state index is -0.373. The van der Waals surface area contributed by atoms with Crippen molar-refractivity contribution in [2.75, 3.05) is 11.9 Å². The van der Waals surface area contributed by atoms with Crippen molar-refractivity contribution in [3.63, 3.8) is 0 Å². The van der Waals surface area contributed by atoms with Gasteiger partial charge in [0.25, 0.3) is 0 Å². The van der Waals surface area contributed by atoms with Crippen molar-refractivity contribution in [1.82, 2.24) is 5.32 Å². The van der Waals surface area contributed by atoms with Crippen LogP contribution in [0.2, 0.25) is 5.02 Å². The van der Waals surface area contributed by atoms with Gasteiger partial charge in [0.1, 0.15) is 6.07 Å². The zero-order valence-corrected chi connectivity index (χ0v) is 13.8. The third-order valence-corrected chi connectivity index (χ3v) is 3.82. The van der Waals surface area contributed by atoms with Gasteiger partial charge in [-0.2, -0.15) is 5.26 Å². The first-order valence-electron chi connectivity index (χ1n) is 7.57. The van der Waals surface area contributed by atoms with Crippen LogP contribution in [0.1, 0.15) is 30.0 Å². The Balaban J connectivity index is 2.05. The molecular weight excluding hydrogens is 326 g/mol. The van der Waals surface area contributed by atoms with E-state index in [1.807, 2.05) is 36.4 Å². The Bertz CT molecular complexity index is 729. The molecule has 0 bridgehead atoms. The molecule has 0 aliphatic heterocycles. The molecule has 3 N–H and O–H groups in total. The molecule has 2 rings (SSSR count). The van der Waals surface area contributed by atoms with E-state index < -0.39 is 0 Å². The summed E-state index contributed by atoms with van der Waals surface area (Å²) in [6, 6.07) is 15.7. The molecule has 124 valence electrons. The van der Waals surface area contributed by atoms with Gasteiger partial charge in [0.15, 0.2) is 0 Å². The number of hydrogen-bond donors (Lipinski definition) is 3. The number of carbonyl (C=O) groups is 1. The third kappa shape index (κ3) is 4.98. The monoisotopic (exact) mass is 343 g/mol. The van der Waals surface area contributed by atoms with Gasteiger partial charge in [-0.3, -0.25) is 0 Å². The smallest absolute Gasteiger partial charge is 0.319 e. The standard InChI is InChI=1S/C18H18ClN3O2/c19-16-11-15(9-8-14(16)12-20)21-18(24)22-17(7-4-10-23)13-5-2-1-3-6-13/h1-3,5-6,8-9,11,17,23H,4,7,10H2,(H2,21,22,24). The number of urea groups is 1. The van der Waals surface area contributed by atoms with Gasteiger partial charge in [0, 0.05) is 12.3 Å². The lowest BCUT2D eigenvalue weighted by Crippen LogP contribution is -2.32. The number of aliphatic hydroxyl groups is 1. The average Bonchev–Trinajstić information content (AvgIpc) is 2.59. The Morgan fingerprint density at radius 1 is 1.25 bits per heavy atom. The molecule has 0 aliphatic rings. The highest BCUT2D eigenvalue weighted by Crippen LogP contribution is 2.21. The summed E-state index contributed by atoms with van der Waals surface area (Å²) >= 11 is 5.96. The van der Waals surface area contributed by atoms with Crippen LogP contribution in [-0.2, 0) is 0 Å². The van der Waals surface area contributed by atoms with Crippen molar-refractivity contribution in [1.29, 1.82) is 5.26 Å². The number of rotatable bonds is 6. The molecule has 6 heteroatoms. The minimum Gasteiger partial charge on any atom is -0.396 e. The molecule has 24 heavy (non-hydrogen) atoms. The number of anilines is 1. The Labute approximate surface area is 145 Å². The van der Waals surface area contributed by atoms with Crippen LogP contribution in [0, 0.1) is 11.3 Å². The zero-order chi connectivity index (χ0) is 17.4. The quantitative estimate of drug-likeness (QED) is 0.744. The molecular formula is C18H18ClN3O2. The lowest BCUT2D eigenvalue weighted by molar-refractivity contribution is 0.244. The van der Waals surface area contributed by atoms with E-state index in [4.69, 9.17) is 22.0 Å². The van der Waals surface area contributed by atoms with Gasteiger partial charge in [0.2, 0.25) is 0 Å². The normalized spacial score (nSPS) is 11.4. The summed E-state index contributed by atoms with van der Waals surface area (Å²) in [5, 5.41) is 23.8. The lowest BCUT2D eigenvalue weighted by atomic mass is 10.0. The summed E-state index contributed by atoms with van der Waals surface area (Å²) in [7, 11) is 0. The minimum absolute atomic E-state index is 0.0673. The van der Waals surface area contributed by atoms with Gasteiger partial charge in [-0.05, 0) is 36.6 Å². The van der Waals surface area contributed by atoms with Crippen molar-refractivity contribution < 1.29 is 9.90 Å². The Morgan fingerprint density at radius 2 is 2.00 bits per heavy atom. The topological polar surface area (TPSA) is 85.2 Å². The largest absolute Gasteiger partial charge is 0.396 e. The van der Waals surface area contributed by atoms with E-state index in [1.54, 1.807) is 12.1 Å². The molecule has 5 nitrogen and oxygen atoms in total. The van der Waals surface area contributed by atoms with Crippen LogP contribution in [0.3, 0.4) is 0 Å². The molecule has 2 aromatic rings. The molecule has 0 saturated carbocycles. The van der Waals surface area contributed by atoms with E-state index in [9.17, 15) is 4.79 Å². The summed E-state index contributed by atoms with van der Waals surface area (Å²) in [6.45, 7) is 0.0673. The summed E-state index contributed by atoms with van der Waals surface area (Å²) in [4.78, 5) is 12.2. The molecule has 0 spiro atoms. The van der Waals surface area contributed by atoms with Gasteiger partial charge in [-0.15, -0.1) is 0 Å². The van der Waals surface area contributed by atoms with E-state index in [2.05, 4.69) is 10.6 Å².